The summed E-state index contributed by atoms with van der Waals surface area (Å²) in [5, 5.41) is 2.98. The Morgan fingerprint density at radius 3 is 2.21 bits per heavy atom. The second-order valence-corrected chi connectivity index (χ2v) is 7.20. The Hall–Kier alpha value is -2.73. The minimum Gasteiger partial charge on any atom is -0.493 e. The molecule has 0 atom stereocenters. The molecule has 2 aromatic rings. The summed E-state index contributed by atoms with van der Waals surface area (Å²) >= 11 is 0. The van der Waals surface area contributed by atoms with Gasteiger partial charge in [-0.15, -0.1) is 0 Å². The first-order valence-electron chi connectivity index (χ1n) is 9.55. The van der Waals surface area contributed by atoms with Gasteiger partial charge in [0.2, 0.25) is 5.91 Å². The number of amides is 1. The lowest BCUT2D eigenvalue weighted by Crippen LogP contribution is -2.44. The molecule has 150 valence electrons. The first-order valence-corrected chi connectivity index (χ1v) is 9.55. The van der Waals surface area contributed by atoms with Gasteiger partial charge in [0.05, 0.1) is 20.6 Å². The molecule has 0 unspecified atom stereocenters. The van der Waals surface area contributed by atoms with Crippen LogP contribution in [0.4, 0.5) is 11.4 Å². The predicted molar refractivity (Wildman–Crippen MR) is 113 cm³/mol. The number of carbonyl (C=O) groups excluding carboxylic acids is 1. The van der Waals surface area contributed by atoms with Crippen LogP contribution in [0.15, 0.2) is 36.4 Å². The molecular weight excluding hydrogens is 354 g/mol. The van der Waals surface area contributed by atoms with Crippen LogP contribution in [0.2, 0.25) is 0 Å². The van der Waals surface area contributed by atoms with Crippen molar-refractivity contribution >= 4 is 17.3 Å². The summed E-state index contributed by atoms with van der Waals surface area (Å²) in [7, 11) is 5.35. The van der Waals surface area contributed by atoms with E-state index in [1.807, 2.05) is 31.2 Å². The van der Waals surface area contributed by atoms with Crippen LogP contribution in [0, 0.1) is 6.92 Å². The van der Waals surface area contributed by atoms with Gasteiger partial charge in [0, 0.05) is 37.6 Å². The Balaban J connectivity index is 1.62. The smallest absolute Gasteiger partial charge is 0.228 e. The number of methoxy groups -OCH3 is 2. The van der Waals surface area contributed by atoms with E-state index in [-0.39, 0.29) is 12.3 Å². The third kappa shape index (κ3) is 4.75. The van der Waals surface area contributed by atoms with E-state index in [4.69, 9.17) is 9.47 Å². The highest BCUT2D eigenvalue weighted by Crippen LogP contribution is 2.30. The molecule has 1 amide bonds. The fourth-order valence-corrected chi connectivity index (χ4v) is 3.41. The topological polar surface area (TPSA) is 54.0 Å². The third-order valence-corrected chi connectivity index (χ3v) is 5.21. The minimum atomic E-state index is -0.0531. The van der Waals surface area contributed by atoms with Crippen LogP contribution in [0.5, 0.6) is 11.5 Å². The van der Waals surface area contributed by atoms with E-state index in [1.54, 1.807) is 14.2 Å². The number of piperazine rings is 1. The van der Waals surface area contributed by atoms with Crippen LogP contribution in [0.1, 0.15) is 11.1 Å². The fraction of sp³-hybridized carbons (Fsp3) is 0.409. The van der Waals surface area contributed by atoms with E-state index in [0.717, 1.165) is 43.0 Å². The van der Waals surface area contributed by atoms with Gasteiger partial charge in [-0.3, -0.25) is 4.79 Å². The summed E-state index contributed by atoms with van der Waals surface area (Å²) in [4.78, 5) is 17.2. The molecule has 1 aliphatic heterocycles. The number of likely N-dealkylation sites (N-methyl/N-ethyl adjacent to an activating group) is 1. The zero-order valence-electron chi connectivity index (χ0n) is 17.1. The number of carbonyl (C=O) groups is 1. The quantitative estimate of drug-likeness (QED) is 0.831. The molecule has 1 heterocycles. The van der Waals surface area contributed by atoms with Gasteiger partial charge in [-0.05, 0) is 61.5 Å². The van der Waals surface area contributed by atoms with Gasteiger partial charge < -0.3 is 24.6 Å². The molecule has 28 heavy (non-hydrogen) atoms. The molecule has 0 spiro atoms. The highest BCUT2D eigenvalue weighted by molar-refractivity contribution is 5.92. The second-order valence-electron chi connectivity index (χ2n) is 7.20. The Bertz CT molecular complexity index is 813. The maximum absolute atomic E-state index is 12.5. The van der Waals surface area contributed by atoms with Crippen molar-refractivity contribution in [2.45, 2.75) is 13.3 Å². The van der Waals surface area contributed by atoms with Gasteiger partial charge in [-0.25, -0.2) is 0 Å². The number of hydrogen-bond donors (Lipinski definition) is 1. The summed E-state index contributed by atoms with van der Waals surface area (Å²) in [6.07, 6.45) is 0.284. The number of nitrogens with one attached hydrogen (secondary N) is 1. The molecule has 2 aromatic carbocycles. The lowest BCUT2D eigenvalue weighted by Gasteiger charge is -2.34. The highest BCUT2D eigenvalue weighted by atomic mass is 16.5. The molecule has 0 saturated carbocycles. The first kappa shape index (κ1) is 20.0. The number of hydrogen-bond acceptors (Lipinski definition) is 5. The molecule has 0 radical (unpaired) electrons. The number of benzene rings is 2. The van der Waals surface area contributed by atoms with Crippen LogP contribution >= 0.6 is 0 Å². The molecule has 1 fully saturated rings. The lowest BCUT2D eigenvalue weighted by molar-refractivity contribution is -0.115. The van der Waals surface area contributed by atoms with E-state index in [0.29, 0.717) is 11.5 Å². The molecule has 6 nitrogen and oxygen atoms in total. The predicted octanol–water partition coefficient (Wildman–Crippen LogP) is 2.95. The maximum atomic E-state index is 12.5. The van der Waals surface area contributed by atoms with Gasteiger partial charge in [0.1, 0.15) is 0 Å². The normalized spacial score (nSPS) is 14.6. The number of rotatable bonds is 6. The van der Waals surface area contributed by atoms with Crippen LogP contribution in [-0.2, 0) is 11.2 Å². The van der Waals surface area contributed by atoms with E-state index in [1.165, 1.54) is 5.69 Å². The molecule has 0 aromatic heterocycles. The summed E-state index contributed by atoms with van der Waals surface area (Å²) < 4.78 is 10.7. The Morgan fingerprint density at radius 2 is 1.61 bits per heavy atom. The van der Waals surface area contributed by atoms with Crippen molar-refractivity contribution in [2.24, 2.45) is 0 Å². The van der Waals surface area contributed by atoms with Crippen molar-refractivity contribution in [1.82, 2.24) is 4.90 Å². The molecule has 6 heteroatoms. The summed E-state index contributed by atoms with van der Waals surface area (Å²) in [6, 6.07) is 11.8. The van der Waals surface area contributed by atoms with Crippen molar-refractivity contribution in [2.75, 3.05) is 57.7 Å². The number of anilines is 2. The molecule has 0 bridgehead atoms. The highest BCUT2D eigenvalue weighted by Gasteiger charge is 2.15. The van der Waals surface area contributed by atoms with E-state index < -0.39 is 0 Å². The van der Waals surface area contributed by atoms with Crippen molar-refractivity contribution in [3.8, 4) is 11.5 Å². The Labute approximate surface area is 167 Å². The van der Waals surface area contributed by atoms with Crippen LogP contribution < -0.4 is 19.7 Å². The third-order valence-electron chi connectivity index (χ3n) is 5.21. The number of ether oxygens (including phenoxy) is 2. The Morgan fingerprint density at radius 1 is 1.00 bits per heavy atom. The van der Waals surface area contributed by atoms with Gasteiger partial charge in [0.15, 0.2) is 11.5 Å². The lowest BCUT2D eigenvalue weighted by atomic mass is 10.0. The van der Waals surface area contributed by atoms with Crippen LogP contribution in [0.3, 0.4) is 0 Å². The number of aryl methyl sites for hydroxylation is 1. The van der Waals surface area contributed by atoms with Crippen LogP contribution in [0.25, 0.3) is 0 Å². The second kappa shape index (κ2) is 8.97. The average molecular weight is 383 g/mol. The molecule has 3 rings (SSSR count). The van der Waals surface area contributed by atoms with Crippen molar-refractivity contribution in [3.05, 3.63) is 47.5 Å². The first-order chi connectivity index (χ1) is 13.5. The van der Waals surface area contributed by atoms with Crippen molar-refractivity contribution in [1.29, 1.82) is 0 Å². The molecule has 1 aliphatic rings. The molecular formula is C22H29N3O3. The summed E-state index contributed by atoms with van der Waals surface area (Å²) in [5.41, 5.74) is 3.92. The van der Waals surface area contributed by atoms with E-state index >= 15 is 0 Å². The largest absolute Gasteiger partial charge is 0.493 e. The Kier molecular flexibility index (Phi) is 6.41. The zero-order chi connectivity index (χ0) is 20.1. The van der Waals surface area contributed by atoms with Gasteiger partial charge in [-0.1, -0.05) is 0 Å². The van der Waals surface area contributed by atoms with E-state index in [9.17, 15) is 4.79 Å². The number of nitrogens with zero attached hydrogens (tertiary/aromatic N) is 2. The van der Waals surface area contributed by atoms with Gasteiger partial charge in [0.25, 0.3) is 0 Å². The van der Waals surface area contributed by atoms with Gasteiger partial charge >= 0.3 is 0 Å². The van der Waals surface area contributed by atoms with Crippen LogP contribution in [-0.4, -0.2) is 58.3 Å². The minimum absolute atomic E-state index is 0.0531. The standard InChI is InChI=1S/C22H29N3O3/c1-16-13-20(27-3)21(28-4)14-17(16)15-22(26)23-18-5-7-19(8-6-18)25-11-9-24(2)10-12-25/h5-8,13-14H,9-12,15H2,1-4H3,(H,23,26). The summed E-state index contributed by atoms with van der Waals surface area (Å²) in [5.74, 6) is 1.25. The van der Waals surface area contributed by atoms with Crippen molar-refractivity contribution in [3.63, 3.8) is 0 Å². The zero-order valence-corrected chi connectivity index (χ0v) is 17.1. The van der Waals surface area contributed by atoms with Gasteiger partial charge in [-0.2, -0.15) is 0 Å². The maximum Gasteiger partial charge on any atom is 0.228 e. The monoisotopic (exact) mass is 383 g/mol. The average Bonchev–Trinajstić information content (AvgIpc) is 2.70. The van der Waals surface area contributed by atoms with E-state index in [2.05, 4.69) is 34.3 Å². The molecule has 1 N–H and O–H groups in total. The SMILES string of the molecule is COc1cc(C)c(CC(=O)Nc2ccc(N3CCN(C)CC3)cc2)cc1OC. The molecule has 0 aliphatic carbocycles. The summed E-state index contributed by atoms with van der Waals surface area (Å²) in [6.45, 7) is 6.17. The van der Waals surface area contributed by atoms with Crippen molar-refractivity contribution < 1.29 is 14.3 Å². The molecule has 1 saturated heterocycles. The fourth-order valence-electron chi connectivity index (χ4n) is 3.41.